The zero-order valence-electron chi connectivity index (χ0n) is 5.41. The van der Waals surface area contributed by atoms with E-state index < -0.39 is 0 Å². The maximum Gasteiger partial charge on any atom is 0.109 e. The molecule has 0 rings (SSSR count). The van der Waals surface area contributed by atoms with Crippen LogP contribution in [0, 0.1) is 0 Å². The lowest BCUT2D eigenvalue weighted by Crippen LogP contribution is -1.84. The predicted octanol–water partition coefficient (Wildman–Crippen LogP) is 2.59. The van der Waals surface area contributed by atoms with Gasteiger partial charge in [0.1, 0.15) is 7.28 Å². The maximum atomic E-state index is 2.36. The average molecular weight is 99.0 g/mol. The SMILES string of the molecule is CCC[B]CCC.[HH]. The normalized spacial score (nSPS) is 8.86. The highest BCUT2D eigenvalue weighted by Gasteiger charge is 1.83. The predicted molar refractivity (Wildman–Crippen MR) is 38.1 cm³/mol. The average Bonchev–Trinajstić information content (AvgIpc) is 1.69. The van der Waals surface area contributed by atoms with Gasteiger partial charge in [0.05, 0.1) is 0 Å². The molecule has 1 heteroatoms. The lowest BCUT2D eigenvalue weighted by molar-refractivity contribution is 1.02. The lowest BCUT2D eigenvalue weighted by Gasteiger charge is -1.88. The second-order valence-corrected chi connectivity index (χ2v) is 1.87. The summed E-state index contributed by atoms with van der Waals surface area (Å²) in [4.78, 5) is 0. The van der Waals surface area contributed by atoms with Gasteiger partial charge in [-0.15, -0.1) is 0 Å². The molecule has 7 heavy (non-hydrogen) atoms. The summed E-state index contributed by atoms with van der Waals surface area (Å²) in [7, 11) is 2.36. The van der Waals surface area contributed by atoms with Crippen molar-refractivity contribution in [1.29, 1.82) is 0 Å². The zero-order chi connectivity index (χ0) is 5.54. The van der Waals surface area contributed by atoms with Gasteiger partial charge in [0.15, 0.2) is 0 Å². The molecule has 0 spiro atoms. The Morgan fingerprint density at radius 3 is 1.86 bits per heavy atom. The summed E-state index contributed by atoms with van der Waals surface area (Å²) < 4.78 is 0. The van der Waals surface area contributed by atoms with Gasteiger partial charge in [-0.1, -0.05) is 39.3 Å². The van der Waals surface area contributed by atoms with E-state index in [0.717, 1.165) is 0 Å². The highest BCUT2D eigenvalue weighted by molar-refractivity contribution is 6.35. The Balaban J connectivity index is 0. The largest absolute Gasteiger partial charge is 0.109 e. The lowest BCUT2D eigenvalue weighted by atomic mass is 9.69. The third-order valence-corrected chi connectivity index (χ3v) is 0.986. The van der Waals surface area contributed by atoms with E-state index in [9.17, 15) is 0 Å². The monoisotopic (exact) mass is 99.1 g/mol. The van der Waals surface area contributed by atoms with Crippen LogP contribution in [0.5, 0.6) is 0 Å². The molecule has 0 bridgehead atoms. The van der Waals surface area contributed by atoms with E-state index in [-0.39, 0.29) is 1.43 Å². The third-order valence-electron chi connectivity index (χ3n) is 0.986. The molecule has 43 valence electrons. The van der Waals surface area contributed by atoms with Gasteiger partial charge >= 0.3 is 0 Å². The molecule has 0 unspecified atom stereocenters. The van der Waals surface area contributed by atoms with Crippen LogP contribution in [0.25, 0.3) is 0 Å². The summed E-state index contributed by atoms with van der Waals surface area (Å²) in [6.07, 6.45) is 5.21. The van der Waals surface area contributed by atoms with Crippen LogP contribution >= 0.6 is 0 Å². The minimum absolute atomic E-state index is 0. The molecule has 0 N–H and O–H groups in total. The minimum atomic E-state index is 0. The number of rotatable bonds is 4. The molecular weight excluding hydrogens is 82.9 g/mol. The minimum Gasteiger partial charge on any atom is -0.0806 e. The first-order valence-corrected chi connectivity index (χ1v) is 3.23. The van der Waals surface area contributed by atoms with E-state index in [4.69, 9.17) is 0 Å². The molecule has 0 aromatic carbocycles. The van der Waals surface area contributed by atoms with Crippen molar-refractivity contribution >= 4 is 7.28 Å². The van der Waals surface area contributed by atoms with Crippen LogP contribution < -0.4 is 0 Å². The van der Waals surface area contributed by atoms with Crippen LogP contribution in [0.2, 0.25) is 12.6 Å². The molecule has 1 radical (unpaired) electrons. The van der Waals surface area contributed by atoms with Crippen molar-refractivity contribution in [3.63, 3.8) is 0 Å². The molecule has 0 fully saturated rings. The Morgan fingerprint density at radius 1 is 1.14 bits per heavy atom. The molecule has 0 amide bonds. The maximum absolute atomic E-state index is 2.36. The summed E-state index contributed by atoms with van der Waals surface area (Å²) in [6.45, 7) is 4.43. The number of hydrogen-bond acceptors (Lipinski definition) is 0. The van der Waals surface area contributed by atoms with Crippen molar-refractivity contribution in [2.45, 2.75) is 39.3 Å². The molecule has 0 saturated heterocycles. The van der Waals surface area contributed by atoms with Crippen LogP contribution in [0.4, 0.5) is 0 Å². The Labute approximate surface area is 49.0 Å². The fourth-order valence-corrected chi connectivity index (χ4v) is 0.553. The smallest absolute Gasteiger partial charge is 0.0806 e. The standard InChI is InChI=1S/C6H14B.H2/c1-3-5-7-6-4-2;/h3-6H2,1-2H3;1H. The molecule has 0 atom stereocenters. The Bertz CT molecular complexity index is 27.7. The van der Waals surface area contributed by atoms with Crippen molar-refractivity contribution in [3.8, 4) is 0 Å². The topological polar surface area (TPSA) is 0 Å². The third kappa shape index (κ3) is 6.06. The molecule has 0 aliphatic carbocycles. The van der Waals surface area contributed by atoms with Crippen LogP contribution in [0.15, 0.2) is 0 Å². The summed E-state index contributed by atoms with van der Waals surface area (Å²) in [6, 6.07) is 0. The van der Waals surface area contributed by atoms with E-state index in [1.807, 2.05) is 0 Å². The van der Waals surface area contributed by atoms with Gasteiger partial charge < -0.3 is 0 Å². The summed E-state index contributed by atoms with van der Waals surface area (Å²) in [5.41, 5.74) is 0. The van der Waals surface area contributed by atoms with Crippen LogP contribution in [-0.4, -0.2) is 7.28 Å². The van der Waals surface area contributed by atoms with Gasteiger partial charge in [0, 0.05) is 1.43 Å². The zero-order valence-corrected chi connectivity index (χ0v) is 5.41. The van der Waals surface area contributed by atoms with Crippen molar-refractivity contribution < 1.29 is 1.43 Å². The quantitative estimate of drug-likeness (QED) is 0.375. The summed E-state index contributed by atoms with van der Waals surface area (Å²) in [5, 5.41) is 0. The van der Waals surface area contributed by atoms with Crippen LogP contribution in [0.3, 0.4) is 0 Å². The second-order valence-electron chi connectivity index (χ2n) is 1.87. The molecule has 0 saturated carbocycles. The van der Waals surface area contributed by atoms with Crippen molar-refractivity contribution in [2.24, 2.45) is 0 Å². The number of hydrogen-bond donors (Lipinski definition) is 0. The molecule has 0 nitrogen and oxygen atoms in total. The van der Waals surface area contributed by atoms with Crippen LogP contribution in [0.1, 0.15) is 28.1 Å². The van der Waals surface area contributed by atoms with Gasteiger partial charge in [-0.25, -0.2) is 0 Å². The van der Waals surface area contributed by atoms with Gasteiger partial charge in [-0.3, -0.25) is 0 Å². The van der Waals surface area contributed by atoms with Gasteiger partial charge in [-0.2, -0.15) is 0 Å². The van der Waals surface area contributed by atoms with Gasteiger partial charge in [0.2, 0.25) is 0 Å². The first kappa shape index (κ1) is 7.06. The molecule has 0 aromatic rings. The fraction of sp³-hybridized carbons (Fsp3) is 1.00. The van der Waals surface area contributed by atoms with Gasteiger partial charge in [-0.05, 0) is 0 Å². The van der Waals surface area contributed by atoms with Gasteiger partial charge in [0.25, 0.3) is 0 Å². The van der Waals surface area contributed by atoms with E-state index in [0.29, 0.717) is 0 Å². The highest BCUT2D eigenvalue weighted by atomic mass is 13.7. The van der Waals surface area contributed by atoms with E-state index in [1.165, 1.54) is 25.5 Å². The Kier molecular flexibility index (Phi) is 6.12. The molecule has 0 heterocycles. The molecule has 0 aliphatic rings. The fourth-order valence-electron chi connectivity index (χ4n) is 0.553. The molecule has 0 aromatic heterocycles. The van der Waals surface area contributed by atoms with Crippen molar-refractivity contribution in [3.05, 3.63) is 0 Å². The molecule has 0 aliphatic heterocycles. The van der Waals surface area contributed by atoms with E-state index >= 15 is 0 Å². The van der Waals surface area contributed by atoms with E-state index in [1.54, 1.807) is 0 Å². The summed E-state index contributed by atoms with van der Waals surface area (Å²) >= 11 is 0. The van der Waals surface area contributed by atoms with Crippen molar-refractivity contribution in [1.82, 2.24) is 0 Å². The molecular formula is C6H16B. The van der Waals surface area contributed by atoms with Crippen LogP contribution in [-0.2, 0) is 0 Å². The van der Waals surface area contributed by atoms with Crippen molar-refractivity contribution in [2.75, 3.05) is 0 Å². The van der Waals surface area contributed by atoms with E-state index in [2.05, 4.69) is 21.1 Å². The Hall–Kier alpha value is 0.0649. The second kappa shape index (κ2) is 6.06. The summed E-state index contributed by atoms with van der Waals surface area (Å²) in [5.74, 6) is 0. The first-order chi connectivity index (χ1) is 3.41. The highest BCUT2D eigenvalue weighted by Crippen LogP contribution is 1.92. The first-order valence-electron chi connectivity index (χ1n) is 3.23. The Morgan fingerprint density at radius 2 is 1.57 bits per heavy atom.